The number of nitrogens with one attached hydrogen (secondary N) is 1. The predicted molar refractivity (Wildman–Crippen MR) is 75.0 cm³/mol. The Morgan fingerprint density at radius 2 is 2.32 bits per heavy atom. The topological polar surface area (TPSA) is 55.6 Å². The lowest BCUT2D eigenvalue weighted by Gasteiger charge is -2.17. The first-order valence-corrected chi connectivity index (χ1v) is 6.77. The maximum atomic E-state index is 6.23. The summed E-state index contributed by atoms with van der Waals surface area (Å²) < 4.78 is 1.70. The molecule has 0 fully saturated rings. The van der Waals surface area contributed by atoms with Crippen LogP contribution in [0.4, 0.5) is 0 Å². The van der Waals surface area contributed by atoms with Crippen LogP contribution in [-0.4, -0.2) is 26.5 Å². The van der Waals surface area contributed by atoms with E-state index in [-0.39, 0.29) is 6.04 Å². The Morgan fingerprint density at radius 3 is 2.95 bits per heavy atom. The molecule has 0 aliphatic carbocycles. The van der Waals surface area contributed by atoms with Gasteiger partial charge >= 0.3 is 0 Å². The lowest BCUT2D eigenvalue weighted by molar-refractivity contribution is 0.513. The van der Waals surface area contributed by atoms with Crippen LogP contribution in [0.1, 0.15) is 30.8 Å². The molecule has 1 atom stereocenters. The molecule has 0 saturated heterocycles. The Balaban J connectivity index is 2.18. The number of pyridine rings is 1. The average molecular weight is 280 g/mol. The molecule has 0 aliphatic heterocycles. The minimum atomic E-state index is 0.0605. The Labute approximate surface area is 118 Å². The van der Waals surface area contributed by atoms with Gasteiger partial charge in [0.15, 0.2) is 0 Å². The van der Waals surface area contributed by atoms with Crippen molar-refractivity contribution in [2.24, 2.45) is 7.05 Å². The quantitative estimate of drug-likeness (QED) is 0.880. The highest BCUT2D eigenvalue weighted by atomic mass is 35.5. The molecule has 0 spiro atoms. The van der Waals surface area contributed by atoms with Crippen molar-refractivity contribution in [2.45, 2.75) is 25.8 Å². The number of aromatic nitrogens is 4. The van der Waals surface area contributed by atoms with Gasteiger partial charge in [-0.3, -0.25) is 9.67 Å². The minimum Gasteiger partial charge on any atom is -0.308 e. The normalized spacial score (nSPS) is 12.6. The van der Waals surface area contributed by atoms with E-state index in [2.05, 4.69) is 27.5 Å². The van der Waals surface area contributed by atoms with Crippen LogP contribution in [0.2, 0.25) is 5.02 Å². The number of rotatable bonds is 6. The molecule has 1 N–H and O–H groups in total. The van der Waals surface area contributed by atoms with Crippen molar-refractivity contribution in [1.82, 2.24) is 25.3 Å². The Hall–Kier alpha value is -1.46. The smallest absolute Gasteiger partial charge is 0.0846 e. The molecule has 0 aliphatic rings. The van der Waals surface area contributed by atoms with E-state index in [1.165, 1.54) is 0 Å². The molecule has 5 nitrogen and oxygen atoms in total. The number of hydrogen-bond acceptors (Lipinski definition) is 4. The molecule has 19 heavy (non-hydrogen) atoms. The summed E-state index contributed by atoms with van der Waals surface area (Å²) in [6.07, 6.45) is 5.46. The molecule has 6 heteroatoms. The van der Waals surface area contributed by atoms with Crippen LogP contribution in [0.25, 0.3) is 0 Å². The van der Waals surface area contributed by atoms with Gasteiger partial charge in [-0.15, -0.1) is 5.10 Å². The van der Waals surface area contributed by atoms with Crippen LogP contribution in [0.5, 0.6) is 0 Å². The van der Waals surface area contributed by atoms with E-state index >= 15 is 0 Å². The van der Waals surface area contributed by atoms with Crippen molar-refractivity contribution >= 4 is 11.6 Å². The molecular weight excluding hydrogens is 262 g/mol. The Bertz CT molecular complexity index is 525. The van der Waals surface area contributed by atoms with Crippen LogP contribution in [-0.2, 0) is 13.5 Å². The van der Waals surface area contributed by atoms with Crippen LogP contribution in [0.3, 0.4) is 0 Å². The van der Waals surface area contributed by atoms with E-state index in [1.807, 2.05) is 25.4 Å². The van der Waals surface area contributed by atoms with Gasteiger partial charge in [0, 0.05) is 25.9 Å². The molecule has 1 unspecified atom stereocenters. The zero-order chi connectivity index (χ0) is 13.7. The van der Waals surface area contributed by atoms with E-state index in [0.29, 0.717) is 5.02 Å². The molecule has 0 radical (unpaired) electrons. The van der Waals surface area contributed by atoms with Gasteiger partial charge < -0.3 is 5.32 Å². The largest absolute Gasteiger partial charge is 0.308 e. The predicted octanol–water partition coefficient (Wildman–Crippen LogP) is 2.15. The monoisotopic (exact) mass is 279 g/mol. The van der Waals surface area contributed by atoms with Crippen molar-refractivity contribution in [1.29, 1.82) is 0 Å². The van der Waals surface area contributed by atoms with Gasteiger partial charge in [-0.1, -0.05) is 23.7 Å². The van der Waals surface area contributed by atoms with E-state index in [9.17, 15) is 0 Å². The first-order chi connectivity index (χ1) is 9.20. The molecular formula is C13H18ClN5. The molecule has 2 aromatic heterocycles. The molecule has 0 aromatic carbocycles. The van der Waals surface area contributed by atoms with Crippen molar-refractivity contribution < 1.29 is 0 Å². The van der Waals surface area contributed by atoms with E-state index < -0.39 is 0 Å². The van der Waals surface area contributed by atoms with Crippen molar-refractivity contribution in [2.75, 3.05) is 6.54 Å². The van der Waals surface area contributed by atoms with Gasteiger partial charge in [-0.25, -0.2) is 0 Å². The molecule has 0 amide bonds. The molecule has 0 saturated carbocycles. The highest BCUT2D eigenvalue weighted by molar-refractivity contribution is 6.31. The zero-order valence-electron chi connectivity index (χ0n) is 11.2. The SMILES string of the molecule is CCCNC(Cc1cn(C)nn1)c1ncccc1Cl. The van der Waals surface area contributed by atoms with Gasteiger partial charge in [0.1, 0.15) is 0 Å². The Kier molecular flexibility index (Phi) is 4.87. The summed E-state index contributed by atoms with van der Waals surface area (Å²) in [5.41, 5.74) is 1.79. The molecule has 2 heterocycles. The third-order valence-corrected chi connectivity index (χ3v) is 3.14. The minimum absolute atomic E-state index is 0.0605. The number of aryl methyl sites for hydroxylation is 1. The maximum Gasteiger partial charge on any atom is 0.0846 e. The second kappa shape index (κ2) is 6.63. The standard InChI is InChI=1S/C13H18ClN5/c1-3-6-15-12(8-10-9-19(2)18-17-10)13-11(14)5-4-7-16-13/h4-5,7,9,12,15H,3,6,8H2,1-2H3. The molecule has 2 rings (SSSR count). The van der Waals surface area contributed by atoms with E-state index in [4.69, 9.17) is 11.6 Å². The van der Waals surface area contributed by atoms with Crippen LogP contribution < -0.4 is 5.32 Å². The fraction of sp³-hybridized carbons (Fsp3) is 0.462. The summed E-state index contributed by atoms with van der Waals surface area (Å²) in [5.74, 6) is 0. The van der Waals surface area contributed by atoms with Gasteiger partial charge in [-0.05, 0) is 25.1 Å². The van der Waals surface area contributed by atoms with Gasteiger partial charge in [0.2, 0.25) is 0 Å². The highest BCUT2D eigenvalue weighted by Crippen LogP contribution is 2.22. The molecule has 2 aromatic rings. The first kappa shape index (κ1) is 14.0. The van der Waals surface area contributed by atoms with Gasteiger partial charge in [-0.2, -0.15) is 0 Å². The fourth-order valence-electron chi connectivity index (χ4n) is 1.94. The second-order valence-electron chi connectivity index (χ2n) is 4.46. The van der Waals surface area contributed by atoms with E-state index in [1.54, 1.807) is 10.9 Å². The van der Waals surface area contributed by atoms with Crippen molar-refractivity contribution in [3.63, 3.8) is 0 Å². The number of hydrogen-bond donors (Lipinski definition) is 1. The summed E-state index contributed by atoms with van der Waals surface area (Å²) in [6, 6.07) is 3.76. The number of halogens is 1. The average Bonchev–Trinajstić information content (AvgIpc) is 2.81. The van der Waals surface area contributed by atoms with Crippen LogP contribution >= 0.6 is 11.6 Å². The summed E-state index contributed by atoms with van der Waals surface area (Å²) in [5, 5.41) is 12.2. The van der Waals surface area contributed by atoms with Gasteiger partial charge in [0.25, 0.3) is 0 Å². The van der Waals surface area contributed by atoms with Crippen molar-refractivity contribution in [3.05, 3.63) is 40.9 Å². The first-order valence-electron chi connectivity index (χ1n) is 6.39. The molecule has 0 bridgehead atoms. The summed E-state index contributed by atoms with van der Waals surface area (Å²) in [4.78, 5) is 4.39. The number of nitrogens with zero attached hydrogens (tertiary/aromatic N) is 4. The Morgan fingerprint density at radius 1 is 1.47 bits per heavy atom. The van der Waals surface area contributed by atoms with Crippen LogP contribution in [0, 0.1) is 0 Å². The van der Waals surface area contributed by atoms with Gasteiger partial charge in [0.05, 0.1) is 22.5 Å². The van der Waals surface area contributed by atoms with E-state index in [0.717, 1.165) is 30.8 Å². The van der Waals surface area contributed by atoms with Crippen LogP contribution in [0.15, 0.2) is 24.5 Å². The zero-order valence-corrected chi connectivity index (χ0v) is 11.9. The third kappa shape index (κ3) is 3.75. The maximum absolute atomic E-state index is 6.23. The third-order valence-electron chi connectivity index (χ3n) is 2.82. The summed E-state index contributed by atoms with van der Waals surface area (Å²) in [6.45, 7) is 3.05. The second-order valence-corrected chi connectivity index (χ2v) is 4.87. The highest BCUT2D eigenvalue weighted by Gasteiger charge is 2.17. The lowest BCUT2D eigenvalue weighted by Crippen LogP contribution is -2.25. The summed E-state index contributed by atoms with van der Waals surface area (Å²) in [7, 11) is 1.86. The van der Waals surface area contributed by atoms with Crippen molar-refractivity contribution in [3.8, 4) is 0 Å². The molecule has 102 valence electrons. The summed E-state index contributed by atoms with van der Waals surface area (Å²) >= 11 is 6.23. The lowest BCUT2D eigenvalue weighted by atomic mass is 10.1. The fourth-order valence-corrected chi connectivity index (χ4v) is 2.19.